The Balaban J connectivity index is 1.81. The normalized spacial score (nSPS) is 23.7. The lowest BCUT2D eigenvalue weighted by atomic mass is 9.85. The van der Waals surface area contributed by atoms with E-state index in [0.29, 0.717) is 6.29 Å². The van der Waals surface area contributed by atoms with Crippen molar-refractivity contribution in [2.75, 3.05) is 10.8 Å². The maximum atomic E-state index is 12.2. The minimum absolute atomic E-state index is 0.00448. The minimum atomic E-state index is -3.80. The van der Waals surface area contributed by atoms with Gasteiger partial charge in [0.1, 0.15) is 12.0 Å². The van der Waals surface area contributed by atoms with Crippen LogP contribution in [-0.4, -0.2) is 32.4 Å². The molecule has 1 heterocycles. The Morgan fingerprint density at radius 2 is 2.00 bits per heavy atom. The second-order valence-electron chi connectivity index (χ2n) is 7.21. The van der Waals surface area contributed by atoms with Crippen molar-refractivity contribution >= 4 is 22.2 Å². The monoisotopic (exact) mass is 366 g/mol. The van der Waals surface area contributed by atoms with E-state index in [1.165, 1.54) is 32.1 Å². The van der Waals surface area contributed by atoms with E-state index < -0.39 is 16.3 Å². The Hall–Kier alpha value is -1.60. The number of phenolic OH excluding ortho intramolecular Hbond substituents is 1. The lowest BCUT2D eigenvalue weighted by molar-refractivity contribution is -0.108. The van der Waals surface area contributed by atoms with Crippen molar-refractivity contribution in [1.29, 1.82) is 0 Å². The number of rotatable bonds is 5. The molecule has 1 aliphatic carbocycles. The van der Waals surface area contributed by atoms with E-state index in [9.17, 15) is 18.3 Å². The van der Waals surface area contributed by atoms with Crippen molar-refractivity contribution in [3.63, 3.8) is 0 Å². The number of anilines is 1. The van der Waals surface area contributed by atoms with Crippen LogP contribution in [0.4, 0.5) is 5.69 Å². The number of nitrogens with zero attached hydrogens (tertiary/aromatic N) is 1. The highest BCUT2D eigenvalue weighted by Crippen LogP contribution is 2.35. The molecule has 25 heavy (non-hydrogen) atoms. The van der Waals surface area contributed by atoms with Gasteiger partial charge in [-0.25, -0.2) is 0 Å². The third-order valence-corrected chi connectivity index (χ3v) is 6.89. The number of carbonyl (C=O) groups excluding carboxylic acids is 1. The first-order chi connectivity index (χ1) is 11.9. The maximum Gasteiger partial charge on any atom is 0.302 e. The molecule has 1 aromatic rings. The fourth-order valence-corrected chi connectivity index (χ4v) is 5.30. The van der Waals surface area contributed by atoms with E-state index in [0.717, 1.165) is 34.2 Å². The molecular weight excluding hydrogens is 340 g/mol. The zero-order valence-corrected chi connectivity index (χ0v) is 15.4. The zero-order valence-electron chi connectivity index (χ0n) is 14.6. The summed E-state index contributed by atoms with van der Waals surface area (Å²) in [6, 6.07) is 2.60. The van der Waals surface area contributed by atoms with Gasteiger partial charge in [-0.05, 0) is 48.9 Å². The molecule has 0 spiro atoms. The largest absolute Gasteiger partial charge is 0.506 e. The molecule has 2 aliphatic rings. The highest BCUT2D eigenvalue weighted by atomic mass is 32.2. The van der Waals surface area contributed by atoms with Gasteiger partial charge in [-0.2, -0.15) is 13.1 Å². The molecule has 0 radical (unpaired) electrons. The summed E-state index contributed by atoms with van der Waals surface area (Å²) in [4.78, 5) is 10.9. The molecule has 1 aliphatic heterocycles. The molecule has 0 bridgehead atoms. The first-order valence-electron chi connectivity index (χ1n) is 8.98. The number of benzene rings is 1. The number of hydrogen-bond donors (Lipinski definition) is 2. The highest BCUT2D eigenvalue weighted by molar-refractivity contribution is 7.91. The fraction of sp³-hybridized carbons (Fsp3) is 0.611. The summed E-state index contributed by atoms with van der Waals surface area (Å²) in [5, 5.41) is 10.3. The average molecular weight is 366 g/mol. The van der Waals surface area contributed by atoms with Crippen LogP contribution in [0.3, 0.4) is 0 Å². The predicted octanol–water partition coefficient (Wildman–Crippen LogP) is 2.44. The average Bonchev–Trinajstić information content (AvgIpc) is 2.90. The molecule has 0 amide bonds. The van der Waals surface area contributed by atoms with Gasteiger partial charge in [0, 0.05) is 0 Å². The van der Waals surface area contributed by atoms with Crippen molar-refractivity contribution in [2.45, 2.75) is 57.9 Å². The third-order valence-electron chi connectivity index (χ3n) is 5.37. The minimum Gasteiger partial charge on any atom is -0.506 e. The Labute approximate surface area is 149 Å². The molecule has 1 aromatic carbocycles. The Bertz CT molecular complexity index is 742. The van der Waals surface area contributed by atoms with Gasteiger partial charge in [0.2, 0.25) is 0 Å². The number of nitrogens with one attached hydrogen (secondary N) is 1. The van der Waals surface area contributed by atoms with Crippen LogP contribution in [-0.2, 0) is 21.4 Å². The van der Waals surface area contributed by atoms with E-state index in [4.69, 9.17) is 0 Å². The van der Waals surface area contributed by atoms with Crippen molar-refractivity contribution in [1.82, 2.24) is 4.72 Å². The summed E-state index contributed by atoms with van der Waals surface area (Å²) in [6.45, 7) is 1.94. The van der Waals surface area contributed by atoms with Gasteiger partial charge in [-0.15, -0.1) is 0 Å². The van der Waals surface area contributed by atoms with Gasteiger partial charge >= 0.3 is 10.2 Å². The topological polar surface area (TPSA) is 86.7 Å². The summed E-state index contributed by atoms with van der Waals surface area (Å²) < 4.78 is 27.8. The second kappa shape index (κ2) is 7.33. The van der Waals surface area contributed by atoms with Gasteiger partial charge in [0.15, 0.2) is 0 Å². The van der Waals surface area contributed by atoms with Crippen LogP contribution in [0.25, 0.3) is 0 Å². The fourth-order valence-electron chi connectivity index (χ4n) is 3.90. The van der Waals surface area contributed by atoms with Gasteiger partial charge in [0.25, 0.3) is 0 Å². The van der Waals surface area contributed by atoms with Gasteiger partial charge in [-0.3, -0.25) is 4.31 Å². The molecule has 1 saturated heterocycles. The van der Waals surface area contributed by atoms with Crippen LogP contribution in [0.1, 0.15) is 49.7 Å². The molecule has 1 atom stereocenters. The van der Waals surface area contributed by atoms with Gasteiger partial charge in [-0.1, -0.05) is 32.1 Å². The van der Waals surface area contributed by atoms with Crippen molar-refractivity contribution in [3.8, 4) is 5.75 Å². The number of aldehydes is 1. The molecule has 1 saturated carbocycles. The summed E-state index contributed by atoms with van der Waals surface area (Å²) in [5.74, 6) is 0.665. The molecule has 7 heteroatoms. The summed E-state index contributed by atoms with van der Waals surface area (Å²) in [5.41, 5.74) is 2.28. The van der Waals surface area contributed by atoms with E-state index >= 15 is 0 Å². The molecule has 1 unspecified atom stereocenters. The number of aromatic hydroxyl groups is 1. The van der Waals surface area contributed by atoms with Crippen LogP contribution in [0.5, 0.6) is 5.75 Å². The third kappa shape index (κ3) is 3.98. The Kier molecular flexibility index (Phi) is 5.34. The Morgan fingerprint density at radius 3 is 2.64 bits per heavy atom. The van der Waals surface area contributed by atoms with Gasteiger partial charge in [0.05, 0.1) is 18.3 Å². The second-order valence-corrected chi connectivity index (χ2v) is 8.83. The predicted molar refractivity (Wildman–Crippen MR) is 97.0 cm³/mol. The number of carbonyl (C=O) groups is 1. The van der Waals surface area contributed by atoms with Crippen LogP contribution in [0.15, 0.2) is 12.1 Å². The van der Waals surface area contributed by atoms with Crippen molar-refractivity contribution in [2.24, 2.45) is 5.92 Å². The molecule has 2 fully saturated rings. The smallest absolute Gasteiger partial charge is 0.302 e. The van der Waals surface area contributed by atoms with Gasteiger partial charge < -0.3 is 9.90 Å². The van der Waals surface area contributed by atoms with Crippen LogP contribution < -0.4 is 9.03 Å². The summed E-state index contributed by atoms with van der Waals surface area (Å²) >= 11 is 0. The van der Waals surface area contributed by atoms with Crippen molar-refractivity contribution < 1.29 is 18.3 Å². The summed E-state index contributed by atoms with van der Waals surface area (Å²) in [6.07, 6.45) is 9.02. The first kappa shape index (κ1) is 18.2. The maximum absolute atomic E-state index is 12.2. The highest BCUT2D eigenvalue weighted by Gasteiger charge is 2.36. The molecular formula is C18H26N2O4S. The van der Waals surface area contributed by atoms with E-state index in [1.54, 1.807) is 12.1 Å². The molecule has 0 aromatic heterocycles. The van der Waals surface area contributed by atoms with E-state index in [-0.39, 0.29) is 18.0 Å². The number of aryl methyl sites for hydroxylation is 2. The molecule has 6 nitrogen and oxygen atoms in total. The lowest BCUT2D eigenvalue weighted by Crippen LogP contribution is -2.30. The molecule has 2 N–H and O–H groups in total. The molecule has 138 valence electrons. The number of hydrogen-bond acceptors (Lipinski definition) is 4. The quantitative estimate of drug-likeness (QED) is 0.784. The first-order valence-corrected chi connectivity index (χ1v) is 10.4. The van der Waals surface area contributed by atoms with Crippen LogP contribution in [0.2, 0.25) is 0 Å². The van der Waals surface area contributed by atoms with E-state index in [2.05, 4.69) is 4.72 Å². The van der Waals surface area contributed by atoms with Crippen molar-refractivity contribution in [3.05, 3.63) is 23.3 Å². The number of phenols is 1. The zero-order chi connectivity index (χ0) is 18.0. The lowest BCUT2D eigenvalue weighted by Gasteiger charge is -2.23. The summed E-state index contributed by atoms with van der Waals surface area (Å²) in [7, 11) is -3.80. The van der Waals surface area contributed by atoms with E-state index in [1.807, 2.05) is 6.92 Å². The van der Waals surface area contributed by atoms with Crippen LogP contribution >= 0.6 is 0 Å². The SMILES string of the molecule is Cc1cc(O)c(N2CC(C=O)NS2(=O)=O)cc1CCC1CCCCC1. The standard InChI is InChI=1S/C18H26N2O4S/c1-13-9-18(22)17(20-11-16(12-21)19-25(20,23)24)10-15(13)8-7-14-5-3-2-4-6-14/h9-10,12,14,16,19,22H,2-8,11H2,1H3. The molecule has 3 rings (SSSR count). The Morgan fingerprint density at radius 1 is 1.28 bits per heavy atom. The van der Waals surface area contributed by atoms with Crippen LogP contribution in [0, 0.1) is 12.8 Å².